The zero-order chi connectivity index (χ0) is 15.1. The maximum Gasteiger partial charge on any atom is 0.133 e. The van der Waals surface area contributed by atoms with Crippen molar-refractivity contribution in [3.8, 4) is 5.75 Å². The highest BCUT2D eigenvalue weighted by Crippen LogP contribution is 2.30. The number of ether oxygens (including phenoxy) is 1. The number of rotatable bonds is 7. The Bertz CT molecular complexity index is 556. The van der Waals surface area contributed by atoms with Crippen LogP contribution in [0.3, 0.4) is 0 Å². The molecule has 112 valence electrons. The molecular weight excluding hydrogens is 326 g/mol. The summed E-state index contributed by atoms with van der Waals surface area (Å²) in [6, 6.07) is 17.1. The zero-order valence-electron chi connectivity index (χ0n) is 12.6. The van der Waals surface area contributed by atoms with Crippen molar-refractivity contribution in [3.05, 3.63) is 64.1 Å². The summed E-state index contributed by atoms with van der Waals surface area (Å²) in [5.74, 6) is 0.892. The summed E-state index contributed by atoms with van der Waals surface area (Å²) in [6.45, 7) is 5.84. The molecule has 0 saturated heterocycles. The molecule has 0 aliphatic rings. The summed E-state index contributed by atoms with van der Waals surface area (Å²) >= 11 is 3.60. The first-order valence-electron chi connectivity index (χ1n) is 7.46. The second-order valence-corrected chi connectivity index (χ2v) is 5.78. The van der Waals surface area contributed by atoms with Crippen molar-refractivity contribution in [2.24, 2.45) is 0 Å². The summed E-state index contributed by atoms with van der Waals surface area (Å²) < 4.78 is 6.59. The third-order valence-corrected chi connectivity index (χ3v) is 3.94. The first-order chi connectivity index (χ1) is 10.3. The molecule has 21 heavy (non-hydrogen) atoms. The van der Waals surface area contributed by atoms with Crippen LogP contribution in [0.2, 0.25) is 0 Å². The van der Waals surface area contributed by atoms with Gasteiger partial charge in [0.15, 0.2) is 0 Å². The van der Waals surface area contributed by atoms with E-state index in [1.165, 1.54) is 11.1 Å². The highest BCUT2D eigenvalue weighted by Gasteiger charge is 2.14. The fourth-order valence-electron chi connectivity index (χ4n) is 2.33. The molecule has 0 aromatic heterocycles. The first-order valence-corrected chi connectivity index (χ1v) is 8.26. The Morgan fingerprint density at radius 3 is 2.43 bits per heavy atom. The minimum Gasteiger partial charge on any atom is -0.493 e. The van der Waals surface area contributed by atoms with Gasteiger partial charge in [0.05, 0.1) is 17.1 Å². The van der Waals surface area contributed by atoms with Crippen molar-refractivity contribution >= 4 is 15.9 Å². The molecule has 2 aromatic carbocycles. The van der Waals surface area contributed by atoms with E-state index in [1.807, 2.05) is 13.0 Å². The summed E-state index contributed by atoms with van der Waals surface area (Å²) in [7, 11) is 0. The number of hydrogen-bond acceptors (Lipinski definition) is 2. The highest BCUT2D eigenvalue weighted by molar-refractivity contribution is 9.10. The van der Waals surface area contributed by atoms with E-state index in [-0.39, 0.29) is 6.04 Å². The van der Waals surface area contributed by atoms with Crippen LogP contribution in [0.1, 0.15) is 37.4 Å². The maximum atomic E-state index is 5.59. The number of benzene rings is 2. The highest BCUT2D eigenvalue weighted by atomic mass is 79.9. The van der Waals surface area contributed by atoms with Crippen molar-refractivity contribution in [1.82, 2.24) is 5.32 Å². The predicted octanol–water partition coefficient (Wildman–Crippen LogP) is 4.94. The summed E-state index contributed by atoms with van der Waals surface area (Å²) in [4.78, 5) is 0. The van der Waals surface area contributed by atoms with Gasteiger partial charge in [0.2, 0.25) is 0 Å². The Labute approximate surface area is 135 Å². The number of halogens is 1. The minimum absolute atomic E-state index is 0.207. The van der Waals surface area contributed by atoms with Crippen LogP contribution in [0.15, 0.2) is 53.0 Å². The second-order valence-electron chi connectivity index (χ2n) is 4.92. The van der Waals surface area contributed by atoms with E-state index in [0.29, 0.717) is 6.61 Å². The van der Waals surface area contributed by atoms with E-state index in [4.69, 9.17) is 4.74 Å². The van der Waals surface area contributed by atoms with Gasteiger partial charge in [-0.2, -0.15) is 0 Å². The lowest BCUT2D eigenvalue weighted by Gasteiger charge is -2.20. The van der Waals surface area contributed by atoms with E-state index in [9.17, 15) is 0 Å². The molecule has 1 N–H and O–H groups in total. The maximum absolute atomic E-state index is 5.59. The van der Waals surface area contributed by atoms with Crippen LogP contribution in [0.4, 0.5) is 0 Å². The zero-order valence-corrected chi connectivity index (χ0v) is 14.2. The average molecular weight is 348 g/mol. The smallest absolute Gasteiger partial charge is 0.133 e. The lowest BCUT2D eigenvalue weighted by Crippen LogP contribution is -2.23. The topological polar surface area (TPSA) is 21.3 Å². The standard InChI is InChI=1S/C18H22BrNO/c1-3-12-20-18(14-8-6-5-7-9-14)15-10-11-17(21-4-2)16(19)13-15/h5-11,13,18,20H,3-4,12H2,1-2H3. The van der Waals surface area contributed by atoms with Crippen LogP contribution < -0.4 is 10.1 Å². The minimum atomic E-state index is 0.207. The van der Waals surface area contributed by atoms with Gasteiger partial charge < -0.3 is 10.1 Å². The molecule has 2 rings (SSSR count). The SMILES string of the molecule is CCCNC(c1ccccc1)c1ccc(OCC)c(Br)c1. The molecule has 0 bridgehead atoms. The molecule has 0 aliphatic heterocycles. The number of hydrogen-bond donors (Lipinski definition) is 1. The van der Waals surface area contributed by atoms with E-state index >= 15 is 0 Å². The lowest BCUT2D eigenvalue weighted by molar-refractivity contribution is 0.338. The van der Waals surface area contributed by atoms with Gasteiger partial charge in [0.25, 0.3) is 0 Å². The predicted molar refractivity (Wildman–Crippen MR) is 91.9 cm³/mol. The molecule has 3 heteroatoms. The van der Waals surface area contributed by atoms with Crippen molar-refractivity contribution < 1.29 is 4.74 Å². The third-order valence-electron chi connectivity index (χ3n) is 3.32. The molecule has 0 amide bonds. The van der Waals surface area contributed by atoms with Gasteiger partial charge in [0.1, 0.15) is 5.75 Å². The summed E-state index contributed by atoms with van der Waals surface area (Å²) in [6.07, 6.45) is 1.11. The van der Waals surface area contributed by atoms with Gasteiger partial charge in [0, 0.05) is 0 Å². The molecule has 0 fully saturated rings. The lowest BCUT2D eigenvalue weighted by atomic mass is 9.98. The quantitative estimate of drug-likeness (QED) is 0.765. The first kappa shape index (κ1) is 16.1. The Morgan fingerprint density at radius 2 is 1.81 bits per heavy atom. The third kappa shape index (κ3) is 4.32. The Morgan fingerprint density at radius 1 is 1.05 bits per heavy atom. The van der Waals surface area contributed by atoms with E-state index in [2.05, 4.69) is 70.6 Å². The molecule has 0 spiro atoms. The van der Waals surface area contributed by atoms with Gasteiger partial charge in [-0.05, 0) is 59.1 Å². The molecule has 2 aromatic rings. The van der Waals surface area contributed by atoms with E-state index in [1.54, 1.807) is 0 Å². The molecule has 2 nitrogen and oxygen atoms in total. The Balaban J connectivity index is 2.30. The van der Waals surface area contributed by atoms with Gasteiger partial charge in [-0.3, -0.25) is 0 Å². The van der Waals surface area contributed by atoms with Crippen molar-refractivity contribution in [3.63, 3.8) is 0 Å². The molecule has 0 saturated carbocycles. The van der Waals surface area contributed by atoms with E-state index in [0.717, 1.165) is 23.2 Å². The molecule has 0 radical (unpaired) electrons. The Hall–Kier alpha value is -1.32. The van der Waals surface area contributed by atoms with Crippen molar-refractivity contribution in [2.45, 2.75) is 26.3 Å². The van der Waals surface area contributed by atoms with Crippen LogP contribution in [0, 0.1) is 0 Å². The summed E-state index contributed by atoms with van der Waals surface area (Å²) in [5.41, 5.74) is 2.52. The van der Waals surface area contributed by atoms with Crippen LogP contribution >= 0.6 is 15.9 Å². The molecule has 1 unspecified atom stereocenters. The molecule has 0 heterocycles. The van der Waals surface area contributed by atoms with Crippen LogP contribution in [-0.2, 0) is 0 Å². The van der Waals surface area contributed by atoms with Crippen LogP contribution in [0.25, 0.3) is 0 Å². The van der Waals surface area contributed by atoms with Crippen LogP contribution in [0.5, 0.6) is 5.75 Å². The molecule has 1 atom stereocenters. The van der Waals surface area contributed by atoms with Crippen LogP contribution in [-0.4, -0.2) is 13.2 Å². The van der Waals surface area contributed by atoms with Gasteiger partial charge in [-0.1, -0.05) is 43.3 Å². The van der Waals surface area contributed by atoms with Gasteiger partial charge in [-0.15, -0.1) is 0 Å². The monoisotopic (exact) mass is 347 g/mol. The van der Waals surface area contributed by atoms with E-state index < -0.39 is 0 Å². The van der Waals surface area contributed by atoms with Crippen molar-refractivity contribution in [1.29, 1.82) is 0 Å². The number of nitrogens with one attached hydrogen (secondary N) is 1. The summed E-state index contributed by atoms with van der Waals surface area (Å²) in [5, 5.41) is 3.62. The van der Waals surface area contributed by atoms with Gasteiger partial charge in [-0.25, -0.2) is 0 Å². The van der Waals surface area contributed by atoms with Crippen molar-refractivity contribution in [2.75, 3.05) is 13.2 Å². The largest absolute Gasteiger partial charge is 0.493 e. The average Bonchev–Trinajstić information content (AvgIpc) is 2.51. The fraction of sp³-hybridized carbons (Fsp3) is 0.333. The second kappa shape index (κ2) is 8.20. The molecular formula is C18H22BrNO. The molecule has 0 aliphatic carbocycles. The Kier molecular flexibility index (Phi) is 6.27. The fourth-order valence-corrected chi connectivity index (χ4v) is 2.84. The normalized spacial score (nSPS) is 12.1. The van der Waals surface area contributed by atoms with Gasteiger partial charge >= 0.3 is 0 Å².